The normalized spacial score (nSPS) is 17.1. The number of alkyl carbamates (subject to hydrolysis) is 1. The lowest BCUT2D eigenvalue weighted by Gasteiger charge is -2.34. The van der Waals surface area contributed by atoms with Crippen molar-refractivity contribution in [1.82, 2.24) is 20.9 Å². The van der Waals surface area contributed by atoms with E-state index < -0.39 is 11.7 Å². The van der Waals surface area contributed by atoms with Crippen molar-refractivity contribution in [2.75, 3.05) is 26.7 Å². The number of likely N-dealkylation sites (tertiary alicyclic amines) is 1. The molecular formula is C21H41N5O3. The van der Waals surface area contributed by atoms with Crippen molar-refractivity contribution in [1.29, 1.82) is 0 Å². The average Bonchev–Trinajstić information content (AvgIpc) is 2.63. The fourth-order valence-corrected chi connectivity index (χ4v) is 3.27. The van der Waals surface area contributed by atoms with Crippen LogP contribution in [0.1, 0.15) is 67.2 Å². The second-order valence-electron chi connectivity index (χ2n) is 8.98. The van der Waals surface area contributed by atoms with E-state index in [0.717, 1.165) is 38.8 Å². The monoisotopic (exact) mass is 411 g/mol. The highest BCUT2D eigenvalue weighted by molar-refractivity contribution is 5.80. The van der Waals surface area contributed by atoms with Crippen LogP contribution in [0.15, 0.2) is 4.99 Å². The number of guanidine groups is 1. The van der Waals surface area contributed by atoms with Gasteiger partial charge < -0.3 is 25.6 Å². The molecule has 2 amide bonds. The molecule has 1 rings (SSSR count). The molecule has 0 spiro atoms. The summed E-state index contributed by atoms with van der Waals surface area (Å²) in [5.74, 6) is 0.981. The maximum Gasteiger partial charge on any atom is 0.407 e. The molecule has 1 aliphatic rings. The molecule has 0 saturated carbocycles. The predicted molar refractivity (Wildman–Crippen MR) is 117 cm³/mol. The molecular weight excluding hydrogens is 370 g/mol. The molecule has 0 aromatic rings. The fraction of sp³-hybridized carbons (Fsp3) is 0.857. The summed E-state index contributed by atoms with van der Waals surface area (Å²) in [6.45, 7) is 13.6. The number of carbonyl (C=O) groups excluding carboxylic acids is 2. The number of ether oxygens (including phenoxy) is 1. The molecule has 29 heavy (non-hydrogen) atoms. The molecule has 168 valence electrons. The van der Waals surface area contributed by atoms with Gasteiger partial charge in [-0.15, -0.1) is 0 Å². The topological polar surface area (TPSA) is 95.1 Å². The van der Waals surface area contributed by atoms with Crippen molar-refractivity contribution in [2.45, 2.75) is 84.9 Å². The number of nitrogens with one attached hydrogen (secondary N) is 3. The Morgan fingerprint density at radius 2 is 1.83 bits per heavy atom. The number of aliphatic imine (C=N–C) groups is 1. The minimum Gasteiger partial charge on any atom is -0.444 e. The Hall–Kier alpha value is -1.99. The summed E-state index contributed by atoms with van der Waals surface area (Å²) < 4.78 is 5.36. The Balaban J connectivity index is 2.47. The predicted octanol–water partition coefficient (Wildman–Crippen LogP) is 2.49. The highest BCUT2D eigenvalue weighted by Crippen LogP contribution is 2.13. The van der Waals surface area contributed by atoms with Crippen LogP contribution in [0.4, 0.5) is 4.79 Å². The molecule has 8 nitrogen and oxygen atoms in total. The largest absolute Gasteiger partial charge is 0.444 e. The van der Waals surface area contributed by atoms with Crippen molar-refractivity contribution >= 4 is 18.0 Å². The minimum absolute atomic E-state index is 0.0427. The lowest BCUT2D eigenvalue weighted by Crippen LogP contribution is -2.52. The van der Waals surface area contributed by atoms with Gasteiger partial charge in [-0.1, -0.05) is 27.2 Å². The molecule has 1 atom stereocenters. The van der Waals surface area contributed by atoms with Gasteiger partial charge in [0.25, 0.3) is 0 Å². The molecule has 0 radical (unpaired) electrons. The van der Waals surface area contributed by atoms with Gasteiger partial charge in [0, 0.05) is 44.7 Å². The molecule has 1 unspecified atom stereocenters. The molecule has 1 heterocycles. The number of carbonyl (C=O) groups is 2. The average molecular weight is 412 g/mol. The molecule has 8 heteroatoms. The summed E-state index contributed by atoms with van der Waals surface area (Å²) >= 11 is 0. The third kappa shape index (κ3) is 9.85. The van der Waals surface area contributed by atoms with E-state index in [1.165, 1.54) is 0 Å². The first-order valence-corrected chi connectivity index (χ1v) is 10.8. The Bertz CT molecular complexity index is 549. The van der Waals surface area contributed by atoms with Crippen LogP contribution in [0.2, 0.25) is 0 Å². The lowest BCUT2D eigenvalue weighted by atomic mass is 10.0. The maximum absolute atomic E-state index is 12.1. The zero-order chi connectivity index (χ0) is 22.0. The number of nitrogens with zero attached hydrogens (tertiary/aromatic N) is 2. The van der Waals surface area contributed by atoms with Crippen molar-refractivity contribution in [3.8, 4) is 0 Å². The van der Waals surface area contributed by atoms with Gasteiger partial charge in [0.2, 0.25) is 5.91 Å². The second kappa shape index (κ2) is 11.9. The highest BCUT2D eigenvalue weighted by Gasteiger charge is 2.25. The third-order valence-corrected chi connectivity index (χ3v) is 4.74. The zero-order valence-corrected chi connectivity index (χ0v) is 19.3. The van der Waals surface area contributed by atoms with Crippen LogP contribution >= 0.6 is 0 Å². The van der Waals surface area contributed by atoms with E-state index in [2.05, 4.69) is 27.9 Å². The van der Waals surface area contributed by atoms with Gasteiger partial charge in [0.15, 0.2) is 5.96 Å². The van der Waals surface area contributed by atoms with Crippen LogP contribution in [0, 0.1) is 5.92 Å². The Morgan fingerprint density at radius 3 is 2.31 bits per heavy atom. The first-order valence-electron chi connectivity index (χ1n) is 10.8. The summed E-state index contributed by atoms with van der Waals surface area (Å²) in [4.78, 5) is 30.4. The van der Waals surface area contributed by atoms with Gasteiger partial charge in [0.05, 0.1) is 0 Å². The van der Waals surface area contributed by atoms with E-state index >= 15 is 0 Å². The third-order valence-electron chi connectivity index (χ3n) is 4.74. The van der Waals surface area contributed by atoms with Gasteiger partial charge in [0.1, 0.15) is 5.60 Å². The Labute approximate surface area is 176 Å². The van der Waals surface area contributed by atoms with Crippen LogP contribution in [-0.2, 0) is 9.53 Å². The Morgan fingerprint density at radius 1 is 1.21 bits per heavy atom. The number of amides is 2. The van der Waals surface area contributed by atoms with E-state index in [0.29, 0.717) is 12.5 Å². The number of hydrogen-bond acceptors (Lipinski definition) is 4. The molecule has 0 aromatic heterocycles. The van der Waals surface area contributed by atoms with E-state index in [1.54, 1.807) is 7.05 Å². The standard InChI is InChI=1S/C21H41N5O3/c1-8-9-17(25-20(28)29-21(4,5)6)14-23-19(22-7)24-16-10-12-26(13-11-16)18(27)15(2)3/h15-17H,8-14H2,1-7H3,(H,25,28)(H2,22,23,24). The molecule has 3 N–H and O–H groups in total. The fourth-order valence-electron chi connectivity index (χ4n) is 3.27. The SMILES string of the molecule is CCCC(CNC(=NC)NC1CCN(C(=O)C(C)C)CC1)NC(=O)OC(C)(C)C. The zero-order valence-electron chi connectivity index (χ0n) is 19.3. The van der Waals surface area contributed by atoms with Crippen LogP contribution in [0.3, 0.4) is 0 Å². The van der Waals surface area contributed by atoms with Crippen molar-refractivity contribution < 1.29 is 14.3 Å². The van der Waals surface area contributed by atoms with Crippen molar-refractivity contribution in [3.05, 3.63) is 0 Å². The summed E-state index contributed by atoms with van der Waals surface area (Å²) in [6.07, 6.45) is 3.19. The maximum atomic E-state index is 12.1. The van der Waals surface area contributed by atoms with E-state index in [1.807, 2.05) is 39.5 Å². The van der Waals surface area contributed by atoms with Crippen LogP contribution in [0.25, 0.3) is 0 Å². The van der Waals surface area contributed by atoms with Crippen molar-refractivity contribution in [3.63, 3.8) is 0 Å². The van der Waals surface area contributed by atoms with Gasteiger partial charge >= 0.3 is 6.09 Å². The highest BCUT2D eigenvalue weighted by atomic mass is 16.6. The minimum atomic E-state index is -0.516. The number of piperidine rings is 1. The lowest BCUT2D eigenvalue weighted by molar-refractivity contribution is -0.135. The summed E-state index contributed by atoms with van der Waals surface area (Å²) in [7, 11) is 1.74. The smallest absolute Gasteiger partial charge is 0.407 e. The quantitative estimate of drug-likeness (QED) is 0.442. The summed E-state index contributed by atoms with van der Waals surface area (Å²) in [5, 5.41) is 9.69. The summed E-state index contributed by atoms with van der Waals surface area (Å²) in [6, 6.07) is 0.236. The van der Waals surface area contributed by atoms with Gasteiger partial charge in [-0.2, -0.15) is 0 Å². The molecule has 1 saturated heterocycles. The first kappa shape index (κ1) is 25.0. The van der Waals surface area contributed by atoms with Crippen LogP contribution in [0.5, 0.6) is 0 Å². The van der Waals surface area contributed by atoms with Crippen LogP contribution in [-0.4, -0.2) is 67.2 Å². The Kier molecular flexibility index (Phi) is 10.3. The second-order valence-corrected chi connectivity index (χ2v) is 8.98. The molecule has 1 aliphatic heterocycles. The molecule has 0 aromatic carbocycles. The van der Waals surface area contributed by atoms with Gasteiger partial charge in [-0.3, -0.25) is 9.79 Å². The van der Waals surface area contributed by atoms with E-state index in [4.69, 9.17) is 4.74 Å². The number of hydrogen-bond donors (Lipinski definition) is 3. The van der Waals surface area contributed by atoms with Crippen LogP contribution < -0.4 is 16.0 Å². The van der Waals surface area contributed by atoms with Crippen molar-refractivity contribution in [2.24, 2.45) is 10.9 Å². The number of rotatable bonds is 7. The van der Waals surface area contributed by atoms with Gasteiger partial charge in [-0.05, 0) is 40.0 Å². The van der Waals surface area contributed by atoms with E-state index in [9.17, 15) is 9.59 Å². The summed E-state index contributed by atoms with van der Waals surface area (Å²) in [5.41, 5.74) is -0.516. The van der Waals surface area contributed by atoms with Gasteiger partial charge in [-0.25, -0.2) is 4.79 Å². The first-order chi connectivity index (χ1) is 13.6. The molecule has 0 bridgehead atoms. The molecule has 0 aliphatic carbocycles. The van der Waals surface area contributed by atoms with E-state index in [-0.39, 0.29) is 23.9 Å². The molecule has 1 fully saturated rings.